The Kier molecular flexibility index (Phi) is 4.74. The van der Waals surface area contributed by atoms with E-state index in [0.717, 1.165) is 12.5 Å². The van der Waals surface area contributed by atoms with Crippen LogP contribution in [-0.4, -0.2) is 48.0 Å². The van der Waals surface area contributed by atoms with Gasteiger partial charge in [-0.05, 0) is 31.3 Å². The standard InChI is InChI=1S/C13H25N3S/c1-4-16-6-5-11(8-16)7-14-13-15-12(9-17-13)10(2)3/h10-12H,4-9H2,1-3H3,(H,14,15). The van der Waals surface area contributed by atoms with Gasteiger partial charge in [0, 0.05) is 24.9 Å². The molecule has 0 aromatic carbocycles. The number of nitrogens with zero attached hydrogens (tertiary/aromatic N) is 2. The average Bonchev–Trinajstić information content (AvgIpc) is 2.95. The monoisotopic (exact) mass is 255 g/mol. The smallest absolute Gasteiger partial charge is 0.156 e. The Balaban J connectivity index is 1.75. The van der Waals surface area contributed by atoms with Crippen molar-refractivity contribution in [2.24, 2.45) is 16.8 Å². The summed E-state index contributed by atoms with van der Waals surface area (Å²) in [6.07, 6.45) is 1.32. The predicted molar refractivity (Wildman–Crippen MR) is 76.7 cm³/mol. The largest absolute Gasteiger partial charge is 0.361 e. The van der Waals surface area contributed by atoms with Crippen molar-refractivity contribution in [3.05, 3.63) is 0 Å². The molecule has 2 saturated heterocycles. The van der Waals surface area contributed by atoms with Gasteiger partial charge in [-0.3, -0.25) is 4.99 Å². The van der Waals surface area contributed by atoms with Gasteiger partial charge >= 0.3 is 0 Å². The van der Waals surface area contributed by atoms with E-state index in [2.05, 4.69) is 31.0 Å². The molecule has 0 radical (unpaired) electrons. The van der Waals surface area contributed by atoms with Crippen LogP contribution in [0.4, 0.5) is 0 Å². The van der Waals surface area contributed by atoms with Crippen LogP contribution in [0.5, 0.6) is 0 Å². The summed E-state index contributed by atoms with van der Waals surface area (Å²) in [5.74, 6) is 2.67. The molecular weight excluding hydrogens is 230 g/mol. The maximum absolute atomic E-state index is 4.75. The molecule has 0 bridgehead atoms. The fourth-order valence-electron chi connectivity index (χ4n) is 2.42. The number of hydrogen-bond acceptors (Lipinski definition) is 3. The minimum Gasteiger partial charge on any atom is -0.361 e. The number of nitrogens with one attached hydrogen (secondary N) is 1. The first kappa shape index (κ1) is 13.2. The highest BCUT2D eigenvalue weighted by molar-refractivity contribution is 8.14. The Morgan fingerprint density at radius 1 is 1.53 bits per heavy atom. The molecule has 4 heteroatoms. The Bertz CT molecular complexity index is 278. The highest BCUT2D eigenvalue weighted by Crippen LogP contribution is 2.21. The molecule has 0 spiro atoms. The van der Waals surface area contributed by atoms with Crippen LogP contribution < -0.4 is 5.32 Å². The molecule has 0 saturated carbocycles. The fraction of sp³-hybridized carbons (Fsp3) is 0.923. The molecule has 1 N–H and O–H groups in total. The molecule has 0 aromatic heterocycles. The van der Waals surface area contributed by atoms with Crippen LogP contribution >= 0.6 is 11.8 Å². The highest BCUT2D eigenvalue weighted by Gasteiger charge is 2.24. The van der Waals surface area contributed by atoms with Crippen molar-refractivity contribution in [2.75, 3.05) is 31.9 Å². The van der Waals surface area contributed by atoms with Crippen molar-refractivity contribution < 1.29 is 0 Å². The molecule has 98 valence electrons. The third kappa shape index (κ3) is 3.62. The molecule has 2 heterocycles. The lowest BCUT2D eigenvalue weighted by molar-refractivity contribution is 0.344. The molecule has 2 unspecified atom stereocenters. The summed E-state index contributed by atoms with van der Waals surface area (Å²) < 4.78 is 0. The van der Waals surface area contributed by atoms with Gasteiger partial charge in [-0.15, -0.1) is 0 Å². The van der Waals surface area contributed by atoms with Crippen molar-refractivity contribution in [1.29, 1.82) is 0 Å². The van der Waals surface area contributed by atoms with E-state index in [-0.39, 0.29) is 0 Å². The van der Waals surface area contributed by atoms with Gasteiger partial charge in [-0.2, -0.15) is 0 Å². The normalized spacial score (nSPS) is 32.6. The number of hydrogen-bond donors (Lipinski definition) is 1. The van der Waals surface area contributed by atoms with E-state index in [4.69, 9.17) is 4.99 Å². The second-order valence-corrected chi connectivity index (χ2v) is 6.51. The lowest BCUT2D eigenvalue weighted by Gasteiger charge is -2.13. The van der Waals surface area contributed by atoms with Crippen LogP contribution in [0, 0.1) is 11.8 Å². The number of likely N-dealkylation sites (tertiary alicyclic amines) is 1. The zero-order chi connectivity index (χ0) is 12.3. The van der Waals surface area contributed by atoms with Crippen LogP contribution in [0.2, 0.25) is 0 Å². The second-order valence-electron chi connectivity index (χ2n) is 5.50. The average molecular weight is 255 g/mol. The van der Waals surface area contributed by atoms with E-state index in [0.29, 0.717) is 12.0 Å². The lowest BCUT2D eigenvalue weighted by atomic mass is 10.1. The highest BCUT2D eigenvalue weighted by atomic mass is 32.2. The minimum absolute atomic E-state index is 0.620. The number of amidine groups is 1. The Morgan fingerprint density at radius 3 is 2.94 bits per heavy atom. The maximum Gasteiger partial charge on any atom is 0.156 e. The van der Waals surface area contributed by atoms with Crippen LogP contribution in [0.15, 0.2) is 4.99 Å². The van der Waals surface area contributed by atoms with Crippen molar-refractivity contribution in [3.8, 4) is 0 Å². The third-order valence-corrected chi connectivity index (χ3v) is 4.87. The first-order chi connectivity index (χ1) is 8.19. The van der Waals surface area contributed by atoms with Crippen LogP contribution in [0.3, 0.4) is 0 Å². The van der Waals surface area contributed by atoms with Crippen molar-refractivity contribution in [1.82, 2.24) is 10.2 Å². The summed E-state index contributed by atoms with van der Waals surface area (Å²) in [5.41, 5.74) is 0. The van der Waals surface area contributed by atoms with E-state index < -0.39 is 0 Å². The summed E-state index contributed by atoms with van der Waals surface area (Å²) in [5, 5.41) is 4.72. The van der Waals surface area contributed by atoms with Crippen LogP contribution in [0.25, 0.3) is 0 Å². The van der Waals surface area contributed by atoms with Gasteiger partial charge in [-0.1, -0.05) is 32.5 Å². The summed E-state index contributed by atoms with van der Waals surface area (Å²) in [4.78, 5) is 7.27. The van der Waals surface area contributed by atoms with Gasteiger partial charge in [0.2, 0.25) is 0 Å². The third-order valence-electron chi connectivity index (χ3n) is 3.82. The SMILES string of the molecule is CCN1CCC(CN=C2NC(C(C)C)CS2)C1. The van der Waals surface area contributed by atoms with Gasteiger partial charge in [0.05, 0.1) is 0 Å². The predicted octanol–water partition coefficient (Wildman–Crippen LogP) is 2.05. The summed E-state index contributed by atoms with van der Waals surface area (Å²) in [7, 11) is 0. The van der Waals surface area contributed by atoms with E-state index >= 15 is 0 Å². The molecule has 2 atom stereocenters. The Morgan fingerprint density at radius 2 is 2.35 bits per heavy atom. The molecule has 0 aliphatic carbocycles. The molecule has 0 amide bonds. The Labute approximate surface area is 109 Å². The van der Waals surface area contributed by atoms with Gasteiger partial charge in [-0.25, -0.2) is 0 Å². The molecule has 2 rings (SSSR count). The molecular formula is C13H25N3S. The number of aliphatic imine (C=N–C) groups is 1. The molecule has 2 aliphatic heterocycles. The fourth-order valence-corrected chi connectivity index (χ4v) is 3.63. The van der Waals surface area contributed by atoms with Gasteiger partial charge in [0.1, 0.15) is 0 Å². The topological polar surface area (TPSA) is 27.6 Å². The van der Waals surface area contributed by atoms with E-state index in [1.807, 2.05) is 11.8 Å². The van der Waals surface area contributed by atoms with Gasteiger partial charge in [0.15, 0.2) is 5.17 Å². The van der Waals surface area contributed by atoms with Crippen LogP contribution in [0.1, 0.15) is 27.2 Å². The first-order valence-electron chi connectivity index (χ1n) is 6.85. The number of thioether (sulfide) groups is 1. The lowest BCUT2D eigenvalue weighted by Crippen LogP contribution is -2.31. The molecule has 2 aliphatic rings. The van der Waals surface area contributed by atoms with Crippen molar-refractivity contribution >= 4 is 16.9 Å². The minimum atomic E-state index is 0.620. The molecule has 3 nitrogen and oxygen atoms in total. The summed E-state index contributed by atoms with van der Waals surface area (Å²) in [6.45, 7) is 11.5. The van der Waals surface area contributed by atoms with Crippen LogP contribution in [-0.2, 0) is 0 Å². The summed E-state index contributed by atoms with van der Waals surface area (Å²) in [6, 6.07) is 0.620. The van der Waals surface area contributed by atoms with Crippen molar-refractivity contribution in [3.63, 3.8) is 0 Å². The molecule has 2 fully saturated rings. The zero-order valence-electron chi connectivity index (χ0n) is 11.3. The first-order valence-corrected chi connectivity index (χ1v) is 7.83. The zero-order valence-corrected chi connectivity index (χ0v) is 12.1. The molecule has 17 heavy (non-hydrogen) atoms. The molecule has 0 aromatic rings. The Hall–Kier alpha value is -0.220. The van der Waals surface area contributed by atoms with Gasteiger partial charge < -0.3 is 10.2 Å². The maximum atomic E-state index is 4.75. The van der Waals surface area contributed by atoms with Gasteiger partial charge in [0.25, 0.3) is 0 Å². The summed E-state index contributed by atoms with van der Waals surface area (Å²) >= 11 is 1.89. The van der Waals surface area contributed by atoms with E-state index in [1.54, 1.807) is 0 Å². The second kappa shape index (κ2) is 6.10. The van der Waals surface area contributed by atoms with Crippen molar-refractivity contribution in [2.45, 2.75) is 33.2 Å². The number of rotatable bonds is 4. The van der Waals surface area contributed by atoms with E-state index in [9.17, 15) is 0 Å². The quantitative estimate of drug-likeness (QED) is 0.833. The van der Waals surface area contributed by atoms with E-state index in [1.165, 1.54) is 37.0 Å².